The Bertz CT molecular complexity index is 807. The predicted octanol–water partition coefficient (Wildman–Crippen LogP) is 0.944. The lowest BCUT2D eigenvalue weighted by Crippen LogP contribution is -2.29. The van der Waals surface area contributed by atoms with Gasteiger partial charge in [-0.15, -0.1) is 11.3 Å². The van der Waals surface area contributed by atoms with Crippen LogP contribution in [0.25, 0.3) is 12.3 Å². The number of hydrogen-bond donors (Lipinski definition) is 0. The molecule has 0 aliphatic rings. The van der Waals surface area contributed by atoms with E-state index in [4.69, 9.17) is 11.6 Å². The van der Waals surface area contributed by atoms with Crippen molar-refractivity contribution >= 4 is 35.2 Å². The van der Waals surface area contributed by atoms with E-state index in [0.29, 0.717) is 14.2 Å². The van der Waals surface area contributed by atoms with Gasteiger partial charge in [-0.2, -0.15) is 0 Å². The topological polar surface area (TPSA) is 65.1 Å². The summed E-state index contributed by atoms with van der Waals surface area (Å²) < 4.78 is 1.98. The highest BCUT2D eigenvalue weighted by Gasteiger charge is 2.03. The molecular weight excluding hydrogens is 288 g/mol. The van der Waals surface area contributed by atoms with Gasteiger partial charge < -0.3 is 0 Å². The van der Waals surface area contributed by atoms with Crippen molar-refractivity contribution in [1.82, 2.24) is 4.57 Å². The minimum Gasteiger partial charge on any atom is -0.297 e. The fraction of sp³-hybridized carbons (Fsp3) is 0.0833. The number of halogens is 1. The quantitative estimate of drug-likeness (QED) is 0.612. The molecule has 2 aromatic rings. The second-order valence-electron chi connectivity index (χ2n) is 3.78. The van der Waals surface area contributed by atoms with Gasteiger partial charge in [0.1, 0.15) is 0 Å². The smallest absolute Gasteiger partial charge is 0.268 e. The van der Waals surface area contributed by atoms with E-state index in [-0.39, 0.29) is 5.56 Å². The molecule has 0 bridgehead atoms. The lowest BCUT2D eigenvalue weighted by atomic mass is 10.2. The Morgan fingerprint density at radius 1 is 1.47 bits per heavy atom. The first-order valence-electron chi connectivity index (χ1n) is 5.26. The lowest BCUT2D eigenvalue weighted by Gasteiger charge is -1.91. The summed E-state index contributed by atoms with van der Waals surface area (Å²) in [6.07, 6.45) is 2.48. The van der Waals surface area contributed by atoms with Gasteiger partial charge in [-0.25, -0.2) is 0 Å². The Labute approximate surface area is 116 Å². The lowest BCUT2D eigenvalue weighted by molar-refractivity contribution is -0.363. The van der Waals surface area contributed by atoms with Crippen LogP contribution in [0.5, 0.6) is 0 Å². The molecule has 0 saturated heterocycles. The normalized spacial score (nSPS) is 12.9. The van der Waals surface area contributed by atoms with Gasteiger partial charge in [0.2, 0.25) is 0 Å². The largest absolute Gasteiger partial charge is 0.297 e. The van der Waals surface area contributed by atoms with E-state index in [2.05, 4.69) is 0 Å². The molecule has 1 aromatic heterocycles. The molecule has 7 heteroatoms. The highest BCUT2D eigenvalue weighted by Crippen LogP contribution is 2.10. The first-order chi connectivity index (χ1) is 8.97. The van der Waals surface area contributed by atoms with Crippen molar-refractivity contribution in [3.8, 4) is 0 Å². The zero-order chi connectivity index (χ0) is 14.0. The molecule has 2 rings (SSSR count). The van der Waals surface area contributed by atoms with Gasteiger partial charge in [-0.05, 0) is 23.8 Å². The SMILES string of the molecule is Cn1c(=C[N+](=O)[O-])sc(=Cc2cccc(Cl)c2)c1=O. The Morgan fingerprint density at radius 3 is 2.84 bits per heavy atom. The van der Waals surface area contributed by atoms with Crippen molar-refractivity contribution < 1.29 is 4.92 Å². The van der Waals surface area contributed by atoms with Crippen molar-refractivity contribution in [2.24, 2.45) is 7.05 Å². The molecule has 19 heavy (non-hydrogen) atoms. The highest BCUT2D eigenvalue weighted by atomic mass is 35.5. The summed E-state index contributed by atoms with van der Waals surface area (Å²) in [6.45, 7) is 0. The molecule has 0 spiro atoms. The number of nitrogens with zero attached hydrogens (tertiary/aromatic N) is 2. The Hall–Kier alpha value is -1.92. The molecule has 0 aliphatic heterocycles. The summed E-state index contributed by atoms with van der Waals surface area (Å²) in [5.74, 6) is 0. The van der Waals surface area contributed by atoms with Gasteiger partial charge >= 0.3 is 0 Å². The number of benzene rings is 1. The van der Waals surface area contributed by atoms with E-state index in [1.807, 2.05) is 6.07 Å². The van der Waals surface area contributed by atoms with Crippen LogP contribution >= 0.6 is 22.9 Å². The van der Waals surface area contributed by atoms with Gasteiger partial charge in [0.15, 0.2) is 4.66 Å². The molecule has 0 fully saturated rings. The third kappa shape index (κ3) is 3.10. The van der Waals surface area contributed by atoms with Crippen molar-refractivity contribution in [2.45, 2.75) is 0 Å². The van der Waals surface area contributed by atoms with Crippen LogP contribution in [0.1, 0.15) is 5.56 Å². The van der Waals surface area contributed by atoms with E-state index in [9.17, 15) is 14.9 Å². The van der Waals surface area contributed by atoms with E-state index >= 15 is 0 Å². The molecule has 0 saturated carbocycles. The number of thiazole rings is 1. The first-order valence-corrected chi connectivity index (χ1v) is 6.45. The minimum atomic E-state index is -0.575. The molecule has 0 atom stereocenters. The van der Waals surface area contributed by atoms with Crippen LogP contribution in [0.4, 0.5) is 0 Å². The molecule has 1 heterocycles. The van der Waals surface area contributed by atoms with E-state index < -0.39 is 4.92 Å². The summed E-state index contributed by atoms with van der Waals surface area (Å²) in [5.41, 5.74) is 0.511. The second kappa shape index (κ2) is 5.38. The van der Waals surface area contributed by atoms with Crippen LogP contribution < -0.4 is 14.8 Å². The maximum absolute atomic E-state index is 11.9. The zero-order valence-corrected chi connectivity index (χ0v) is 11.4. The molecule has 0 unspecified atom stereocenters. The molecule has 0 N–H and O–H groups in total. The predicted molar refractivity (Wildman–Crippen MR) is 75.3 cm³/mol. The van der Waals surface area contributed by atoms with Crippen LogP contribution in [-0.4, -0.2) is 9.49 Å². The van der Waals surface area contributed by atoms with Crippen LogP contribution in [-0.2, 0) is 7.05 Å². The average molecular weight is 297 g/mol. The van der Waals surface area contributed by atoms with Gasteiger partial charge in [0.25, 0.3) is 11.8 Å². The molecule has 0 amide bonds. The standard InChI is InChI=1S/C12H9ClN2O3S/c1-14-11(7-15(17)18)19-10(12(14)16)6-8-3-2-4-9(13)5-8/h2-7H,1H3. The Morgan fingerprint density at radius 2 is 2.21 bits per heavy atom. The summed E-state index contributed by atoms with van der Waals surface area (Å²) >= 11 is 6.93. The molecule has 1 aromatic carbocycles. The van der Waals surface area contributed by atoms with Crippen LogP contribution in [0.15, 0.2) is 29.1 Å². The number of hydrogen-bond acceptors (Lipinski definition) is 4. The van der Waals surface area contributed by atoms with E-state index in [0.717, 1.165) is 23.1 Å². The van der Waals surface area contributed by atoms with E-state index in [1.165, 1.54) is 11.6 Å². The maximum atomic E-state index is 11.9. The van der Waals surface area contributed by atoms with Crippen molar-refractivity contribution in [3.05, 3.63) is 64.5 Å². The molecular formula is C12H9ClN2O3S. The highest BCUT2D eigenvalue weighted by molar-refractivity contribution is 7.07. The summed E-state index contributed by atoms with van der Waals surface area (Å²) in [5, 5.41) is 11.0. The van der Waals surface area contributed by atoms with Crippen LogP contribution in [0.2, 0.25) is 5.02 Å². The second-order valence-corrected chi connectivity index (χ2v) is 5.28. The van der Waals surface area contributed by atoms with Gasteiger partial charge in [-0.1, -0.05) is 23.7 Å². The van der Waals surface area contributed by atoms with Crippen molar-refractivity contribution in [3.63, 3.8) is 0 Å². The monoisotopic (exact) mass is 296 g/mol. The zero-order valence-electron chi connectivity index (χ0n) is 9.87. The average Bonchev–Trinajstić information content (AvgIpc) is 2.57. The fourth-order valence-corrected chi connectivity index (χ4v) is 2.73. The summed E-state index contributed by atoms with van der Waals surface area (Å²) in [7, 11) is 1.50. The molecule has 5 nitrogen and oxygen atoms in total. The molecule has 0 radical (unpaired) electrons. The van der Waals surface area contributed by atoms with E-state index in [1.54, 1.807) is 24.3 Å². The van der Waals surface area contributed by atoms with Crippen molar-refractivity contribution in [1.29, 1.82) is 0 Å². The number of aromatic nitrogens is 1. The molecule has 98 valence electrons. The maximum Gasteiger partial charge on any atom is 0.268 e. The van der Waals surface area contributed by atoms with Gasteiger partial charge in [-0.3, -0.25) is 19.5 Å². The fourth-order valence-electron chi connectivity index (χ4n) is 1.53. The molecule has 0 aliphatic carbocycles. The van der Waals surface area contributed by atoms with Crippen LogP contribution in [0, 0.1) is 10.1 Å². The number of rotatable bonds is 2. The van der Waals surface area contributed by atoms with Crippen LogP contribution in [0.3, 0.4) is 0 Å². The Balaban J connectivity index is 2.65. The van der Waals surface area contributed by atoms with Crippen molar-refractivity contribution in [2.75, 3.05) is 0 Å². The third-order valence-electron chi connectivity index (χ3n) is 2.42. The van der Waals surface area contributed by atoms with Gasteiger partial charge in [0, 0.05) is 12.1 Å². The Kier molecular flexibility index (Phi) is 3.82. The van der Waals surface area contributed by atoms with Gasteiger partial charge in [0.05, 0.1) is 9.46 Å². The summed E-state index contributed by atoms with van der Waals surface area (Å²) in [4.78, 5) is 21.8. The third-order valence-corrected chi connectivity index (χ3v) is 3.76. The first kappa shape index (κ1) is 13.5. The number of nitro groups is 1. The summed E-state index contributed by atoms with van der Waals surface area (Å²) in [6, 6.07) is 7.03. The minimum absolute atomic E-state index is 0.266.